The van der Waals surface area contributed by atoms with Gasteiger partial charge in [0, 0.05) is 127 Å². The molecular formula is C120H74N11O3P3. The summed E-state index contributed by atoms with van der Waals surface area (Å²) >= 11 is 0. The van der Waals surface area contributed by atoms with Gasteiger partial charge in [0.05, 0.1) is 77.1 Å². The van der Waals surface area contributed by atoms with E-state index in [0.717, 1.165) is 239 Å². The highest BCUT2D eigenvalue weighted by molar-refractivity contribution is 7.86. The van der Waals surface area contributed by atoms with Crippen LogP contribution >= 0.6 is 21.4 Å². The Hall–Kier alpha value is -17.1. The van der Waals surface area contributed by atoms with Crippen molar-refractivity contribution in [3.63, 3.8) is 0 Å². The van der Waals surface area contributed by atoms with Crippen molar-refractivity contribution in [2.75, 3.05) is 0 Å². The molecule has 137 heavy (non-hydrogen) atoms. The molecule has 0 aliphatic rings. The Morgan fingerprint density at radius 1 is 0.197 bits per heavy atom. The van der Waals surface area contributed by atoms with Crippen LogP contribution in [0.25, 0.3) is 202 Å². The van der Waals surface area contributed by atoms with Gasteiger partial charge in [-0.05, 0) is 187 Å². The first kappa shape index (κ1) is 79.6. The fourth-order valence-corrected chi connectivity index (χ4v) is 29.7. The summed E-state index contributed by atoms with van der Waals surface area (Å²) in [6.45, 7) is 0. The van der Waals surface area contributed by atoms with E-state index in [1.807, 2.05) is 194 Å². The molecular weight excluding hydrogens is 1740 g/mol. The third-order valence-corrected chi connectivity index (χ3v) is 36.8. The molecule has 17 heteroatoms. The molecule has 0 radical (unpaired) electrons. The predicted octanol–water partition coefficient (Wildman–Crippen LogP) is 25.5. The number of para-hydroxylation sites is 8. The second-order valence-electron chi connectivity index (χ2n) is 35.0. The van der Waals surface area contributed by atoms with Crippen molar-refractivity contribution in [1.29, 1.82) is 0 Å². The molecule has 0 saturated heterocycles. The van der Waals surface area contributed by atoms with Gasteiger partial charge in [-0.15, -0.1) is 0 Å². The van der Waals surface area contributed by atoms with Gasteiger partial charge in [-0.3, -0.25) is 28.2 Å². The van der Waals surface area contributed by atoms with Crippen molar-refractivity contribution >= 4 is 271 Å². The summed E-state index contributed by atoms with van der Waals surface area (Å²) in [5.74, 6) is 0. The minimum absolute atomic E-state index is 0.723. The number of nitrogens with zero attached hydrogens (tertiary/aromatic N) is 11. The second-order valence-corrected chi connectivity index (χ2v) is 43.2. The van der Waals surface area contributed by atoms with Crippen LogP contribution in [0.15, 0.2) is 450 Å². The van der Waals surface area contributed by atoms with E-state index in [4.69, 9.17) is 24.9 Å². The van der Waals surface area contributed by atoms with Crippen LogP contribution in [0.4, 0.5) is 0 Å². The zero-order chi connectivity index (χ0) is 90.8. The summed E-state index contributed by atoms with van der Waals surface area (Å²) in [6.07, 6.45) is 8.89. The third-order valence-electron chi connectivity index (χ3n) is 27.6. The smallest absolute Gasteiger partial charge is 0.173 e. The highest BCUT2D eigenvalue weighted by atomic mass is 31.2. The van der Waals surface area contributed by atoms with Crippen LogP contribution in [0.2, 0.25) is 0 Å². The maximum Gasteiger partial charge on any atom is 0.173 e. The number of pyridine rings is 8. The van der Waals surface area contributed by atoms with Gasteiger partial charge in [-0.2, -0.15) is 0 Å². The summed E-state index contributed by atoms with van der Waals surface area (Å²) in [5, 5.41) is 28.1. The molecule has 0 saturated carbocycles. The van der Waals surface area contributed by atoms with Gasteiger partial charge in [0.1, 0.15) is 22.5 Å². The molecule has 14 nitrogen and oxygen atoms in total. The molecule has 0 fully saturated rings. The van der Waals surface area contributed by atoms with Crippen LogP contribution < -0.4 is 47.7 Å². The predicted molar refractivity (Wildman–Crippen MR) is 570 cm³/mol. The number of imidazole rings is 3. The average molecular weight is 1810 g/mol. The zero-order valence-electron chi connectivity index (χ0n) is 73.2. The average Bonchev–Trinajstić information content (AvgIpc) is 1.41. The van der Waals surface area contributed by atoms with Crippen molar-refractivity contribution in [3.05, 3.63) is 450 Å². The monoisotopic (exact) mass is 1810 g/mol. The normalized spacial score (nSPS) is 13.4. The molecule has 0 aliphatic heterocycles. The van der Waals surface area contributed by atoms with Gasteiger partial charge in [-0.1, -0.05) is 285 Å². The molecule has 0 N–H and O–H groups in total. The third kappa shape index (κ3) is 12.3. The largest absolute Gasteiger partial charge is 0.309 e. The highest BCUT2D eigenvalue weighted by Crippen LogP contribution is 2.52. The highest BCUT2D eigenvalue weighted by Gasteiger charge is 2.39. The van der Waals surface area contributed by atoms with Gasteiger partial charge < -0.3 is 13.7 Å². The summed E-state index contributed by atoms with van der Waals surface area (Å²) in [7, 11) is -10.3. The number of hydrogen-bond acceptors (Lipinski definition) is 11. The van der Waals surface area contributed by atoms with Crippen molar-refractivity contribution in [2.45, 2.75) is 0 Å². The quantitative estimate of drug-likeness (QED) is 0.0766. The summed E-state index contributed by atoms with van der Waals surface area (Å²) in [5.41, 5.74) is 15.1. The number of benzene rings is 18. The lowest BCUT2D eigenvalue weighted by molar-refractivity contribution is 0.591. The van der Waals surface area contributed by atoms with E-state index in [-0.39, 0.29) is 0 Å². The van der Waals surface area contributed by atoms with Gasteiger partial charge in [-0.25, -0.2) is 24.9 Å². The molecule has 0 spiro atoms. The first-order valence-corrected chi connectivity index (χ1v) is 50.7. The maximum atomic E-state index is 17.5. The van der Waals surface area contributed by atoms with Gasteiger partial charge in [0.2, 0.25) is 0 Å². The van der Waals surface area contributed by atoms with Crippen LogP contribution in [0, 0.1) is 0 Å². The van der Waals surface area contributed by atoms with E-state index in [1.165, 1.54) is 10.8 Å². The van der Waals surface area contributed by atoms with E-state index >= 15 is 13.7 Å². The SMILES string of the molecule is O=P(c1ccc2c(ccc3ccccc32)c1)(c1ccc2ccc3ccccc3c2c1)c1c2ccccc2nc2c3ccccc3n3c4ccccc4nc3c12.O=P(c1ccccc1)(c1ccc2cccnc2c1)c1ccc2c(c1)nc1c3cc4ccccc4nc3c3ccccc3n21.O=P(c1ccccc1)(c1ccncc1)c1cccc2c1nc1c3cc4cnccc4cc3c3ccccc3n21. The molecule has 11 aromatic heterocycles. The molecule has 29 aromatic rings. The Morgan fingerprint density at radius 2 is 0.672 bits per heavy atom. The van der Waals surface area contributed by atoms with E-state index < -0.39 is 21.4 Å². The fraction of sp³-hybridized carbons (Fsp3) is 0. The first-order valence-electron chi connectivity index (χ1n) is 45.6. The van der Waals surface area contributed by atoms with Crippen LogP contribution in [0.3, 0.4) is 0 Å². The number of fused-ring (bicyclic) bond motifs is 34. The topological polar surface area (TPSA) is 168 Å². The fourth-order valence-electron chi connectivity index (χ4n) is 21.2. The lowest BCUT2D eigenvalue weighted by Gasteiger charge is -2.25. The minimum Gasteiger partial charge on any atom is -0.309 e. The lowest BCUT2D eigenvalue weighted by atomic mass is 10.0. The number of aromatic nitrogens is 11. The van der Waals surface area contributed by atoms with Gasteiger partial charge in [0.15, 0.2) is 21.4 Å². The Morgan fingerprint density at radius 3 is 1.42 bits per heavy atom. The van der Waals surface area contributed by atoms with Crippen molar-refractivity contribution in [1.82, 2.24) is 53.1 Å². The lowest BCUT2D eigenvalue weighted by Crippen LogP contribution is -2.27. The molecule has 3 atom stereocenters. The van der Waals surface area contributed by atoms with E-state index in [1.54, 1.807) is 18.6 Å². The number of rotatable bonds is 9. The van der Waals surface area contributed by atoms with E-state index in [9.17, 15) is 0 Å². The van der Waals surface area contributed by atoms with E-state index in [2.05, 4.69) is 265 Å². The Kier molecular flexibility index (Phi) is 18.2. The molecule has 0 amide bonds. The van der Waals surface area contributed by atoms with Crippen molar-refractivity contribution in [2.24, 2.45) is 0 Å². The molecule has 29 rings (SSSR count). The van der Waals surface area contributed by atoms with Crippen molar-refractivity contribution < 1.29 is 13.7 Å². The standard InChI is InChI=1S/C50H30N3OP.C37H23N4OP.C33H21N4OP/c54-55(35-27-28-39-34(29-35)24-23-31-11-1-3-13-37(31)39,36-26-25-33-22-21-32-12-2-4-14-38(32)42(33)30-36)49-40-15-5-7-17-43(40)51-48-41-16-6-9-19-45(41)53-46-20-10-8-18-44(46)52-50(53)47(48)49;42-43(26-11-2-1-3-12-26,27-17-16-24-10-8-20-38-32(24)22-27)28-18-19-35-33(23-28)40-37-30-21-25-9-4-6-14-31(25)39-36(30)29-13-5-7-15-34(29)41(35)37;38-39(24-7-2-1-3-8-24,25-14-17-34-18-15-25)31-12-6-11-30-32(31)36-33-28-20-23-21-35-16-13-22(23)19-27(28)26-9-4-5-10-29(26)37(30)33/h1-30H;1-23H;1-21H. The Bertz CT molecular complexity index is 10300. The molecule has 642 valence electrons. The molecule has 0 aliphatic carbocycles. The van der Waals surface area contributed by atoms with Gasteiger partial charge >= 0.3 is 0 Å². The van der Waals surface area contributed by atoms with Crippen LogP contribution in [-0.2, 0) is 13.7 Å². The summed E-state index contributed by atoms with van der Waals surface area (Å²) in [4.78, 5) is 39.4. The first-order chi connectivity index (χ1) is 67.6. The zero-order valence-corrected chi connectivity index (χ0v) is 75.9. The number of hydrogen-bond donors (Lipinski definition) is 0. The molecule has 0 bridgehead atoms. The van der Waals surface area contributed by atoms with Crippen LogP contribution in [0.5, 0.6) is 0 Å². The van der Waals surface area contributed by atoms with Crippen LogP contribution in [0.1, 0.15) is 0 Å². The van der Waals surface area contributed by atoms with Crippen LogP contribution in [-0.4, -0.2) is 53.1 Å². The molecule has 3 unspecified atom stereocenters. The molecule has 11 heterocycles. The Balaban J connectivity index is 0.000000106. The molecule has 18 aromatic carbocycles. The maximum absolute atomic E-state index is 17.5. The summed E-state index contributed by atoms with van der Waals surface area (Å²) < 4.78 is 54.9. The van der Waals surface area contributed by atoms with Gasteiger partial charge in [0.25, 0.3) is 0 Å². The van der Waals surface area contributed by atoms with Crippen molar-refractivity contribution in [3.8, 4) is 0 Å². The second kappa shape index (κ2) is 31.3. The Labute approximate surface area is 781 Å². The minimum atomic E-state index is -3.73. The van der Waals surface area contributed by atoms with E-state index in [0.29, 0.717) is 0 Å². The summed E-state index contributed by atoms with van der Waals surface area (Å²) in [6, 6.07) is 142.